The van der Waals surface area contributed by atoms with Crippen LogP contribution in [0.15, 0.2) is 29.0 Å². The lowest BCUT2D eigenvalue weighted by atomic mass is 9.96. The van der Waals surface area contributed by atoms with E-state index in [1.807, 2.05) is 17.3 Å². The number of carbonyl (C=O) groups excluding carboxylic acids is 1. The number of carbonyl (C=O) groups is 1. The summed E-state index contributed by atoms with van der Waals surface area (Å²) in [4.78, 5) is 19.1. The van der Waals surface area contributed by atoms with E-state index in [1.54, 1.807) is 0 Å². The number of pyridine rings is 1. The summed E-state index contributed by atoms with van der Waals surface area (Å²) in [7, 11) is 0. The minimum absolute atomic E-state index is 0.0686. The molecule has 1 unspecified atom stereocenters. The Hall–Kier alpha value is -2.17. The van der Waals surface area contributed by atoms with Crippen molar-refractivity contribution in [3.05, 3.63) is 47.1 Å². The van der Waals surface area contributed by atoms with Crippen LogP contribution < -0.4 is 0 Å². The van der Waals surface area contributed by atoms with Gasteiger partial charge in [0.2, 0.25) is 0 Å². The number of amides is 1. The van der Waals surface area contributed by atoms with Gasteiger partial charge in [0.05, 0.1) is 0 Å². The Morgan fingerprint density at radius 1 is 1.21 bits per heavy atom. The van der Waals surface area contributed by atoms with Gasteiger partial charge in [0.25, 0.3) is 5.91 Å². The summed E-state index contributed by atoms with van der Waals surface area (Å²) in [6.07, 6.45) is 11.9. The third-order valence-corrected chi connectivity index (χ3v) is 5.31. The first-order chi connectivity index (χ1) is 11.8. The standard InChI is InChI=1S/C19H23N3O2/c23-19(18-16-5-1-2-6-17(16)24-21-18)22-13-3-4-15(22)8-7-14-9-11-20-12-10-14/h9-12,15H,1-8,13H2. The summed E-state index contributed by atoms with van der Waals surface area (Å²) in [6.45, 7) is 0.835. The molecule has 5 nitrogen and oxygen atoms in total. The first-order valence-corrected chi connectivity index (χ1v) is 9.00. The number of hydrogen-bond acceptors (Lipinski definition) is 4. The summed E-state index contributed by atoms with van der Waals surface area (Å²) in [6, 6.07) is 4.41. The molecule has 1 aliphatic heterocycles. The van der Waals surface area contributed by atoms with E-state index < -0.39 is 0 Å². The maximum atomic E-state index is 13.0. The van der Waals surface area contributed by atoms with Crippen LogP contribution >= 0.6 is 0 Å². The predicted octanol–water partition coefficient (Wildman–Crippen LogP) is 3.19. The van der Waals surface area contributed by atoms with Gasteiger partial charge in [-0.1, -0.05) is 5.16 Å². The number of likely N-dealkylation sites (tertiary alicyclic amines) is 1. The van der Waals surface area contributed by atoms with Crippen LogP contribution in [0.3, 0.4) is 0 Å². The van der Waals surface area contributed by atoms with Gasteiger partial charge in [0.15, 0.2) is 5.69 Å². The minimum atomic E-state index is 0.0686. The molecule has 1 atom stereocenters. The molecule has 0 N–H and O–H groups in total. The fraction of sp³-hybridized carbons (Fsp3) is 0.526. The van der Waals surface area contributed by atoms with Gasteiger partial charge in [-0.05, 0) is 62.6 Å². The van der Waals surface area contributed by atoms with Crippen LogP contribution in [0.1, 0.15) is 59.5 Å². The molecule has 0 saturated carbocycles. The highest BCUT2D eigenvalue weighted by molar-refractivity contribution is 5.94. The summed E-state index contributed by atoms with van der Waals surface area (Å²) >= 11 is 0. The van der Waals surface area contributed by atoms with Crippen LogP contribution in [0, 0.1) is 0 Å². The molecule has 3 heterocycles. The second kappa shape index (κ2) is 6.75. The molecule has 24 heavy (non-hydrogen) atoms. The lowest BCUT2D eigenvalue weighted by Gasteiger charge is -2.24. The summed E-state index contributed by atoms with van der Waals surface area (Å²) in [5, 5.41) is 4.12. The van der Waals surface area contributed by atoms with Gasteiger partial charge < -0.3 is 9.42 Å². The molecule has 4 rings (SSSR count). The Morgan fingerprint density at radius 3 is 2.92 bits per heavy atom. The molecular weight excluding hydrogens is 302 g/mol. The Labute approximate surface area is 142 Å². The third-order valence-electron chi connectivity index (χ3n) is 5.31. The molecule has 2 aromatic heterocycles. The summed E-state index contributed by atoms with van der Waals surface area (Å²) in [5.41, 5.74) is 2.91. The van der Waals surface area contributed by atoms with Crippen molar-refractivity contribution in [2.24, 2.45) is 0 Å². The van der Waals surface area contributed by atoms with Crippen molar-refractivity contribution >= 4 is 5.91 Å². The number of hydrogen-bond donors (Lipinski definition) is 0. The molecule has 0 spiro atoms. The predicted molar refractivity (Wildman–Crippen MR) is 89.8 cm³/mol. The van der Waals surface area contributed by atoms with Gasteiger partial charge in [0, 0.05) is 37.0 Å². The quantitative estimate of drug-likeness (QED) is 0.866. The number of aromatic nitrogens is 2. The van der Waals surface area contributed by atoms with E-state index in [4.69, 9.17) is 4.52 Å². The van der Waals surface area contributed by atoms with E-state index >= 15 is 0 Å². The van der Waals surface area contributed by atoms with Gasteiger partial charge in [-0.25, -0.2) is 0 Å². The highest BCUT2D eigenvalue weighted by atomic mass is 16.5. The highest BCUT2D eigenvalue weighted by Gasteiger charge is 2.33. The Morgan fingerprint density at radius 2 is 2.04 bits per heavy atom. The average Bonchev–Trinajstić information content (AvgIpc) is 3.27. The monoisotopic (exact) mass is 325 g/mol. The van der Waals surface area contributed by atoms with Crippen molar-refractivity contribution in [3.63, 3.8) is 0 Å². The molecule has 2 aliphatic rings. The van der Waals surface area contributed by atoms with Crippen molar-refractivity contribution in [2.75, 3.05) is 6.54 Å². The minimum Gasteiger partial charge on any atom is -0.360 e. The first kappa shape index (κ1) is 15.4. The second-order valence-electron chi connectivity index (χ2n) is 6.83. The maximum Gasteiger partial charge on any atom is 0.276 e. The Kier molecular flexibility index (Phi) is 4.32. The van der Waals surface area contributed by atoms with Crippen LogP contribution in [0.4, 0.5) is 0 Å². The van der Waals surface area contributed by atoms with E-state index in [-0.39, 0.29) is 5.91 Å². The van der Waals surface area contributed by atoms with Gasteiger partial charge in [-0.2, -0.15) is 0 Å². The number of nitrogens with zero attached hydrogens (tertiary/aromatic N) is 3. The molecule has 1 fully saturated rings. The Balaban J connectivity index is 1.46. The molecule has 0 bridgehead atoms. The molecule has 1 aliphatic carbocycles. The lowest BCUT2D eigenvalue weighted by molar-refractivity contribution is 0.0719. The number of fused-ring (bicyclic) bond motifs is 1. The highest BCUT2D eigenvalue weighted by Crippen LogP contribution is 2.28. The van der Waals surface area contributed by atoms with Crippen LogP contribution in [0.2, 0.25) is 0 Å². The number of rotatable bonds is 4. The van der Waals surface area contributed by atoms with Crippen molar-refractivity contribution in [1.29, 1.82) is 0 Å². The van der Waals surface area contributed by atoms with Gasteiger partial charge in [-0.15, -0.1) is 0 Å². The van der Waals surface area contributed by atoms with Crippen molar-refractivity contribution in [1.82, 2.24) is 15.0 Å². The van der Waals surface area contributed by atoms with Gasteiger partial charge in [0.1, 0.15) is 5.76 Å². The SMILES string of the molecule is O=C(c1noc2c1CCCC2)N1CCCC1CCc1ccncc1. The zero-order chi connectivity index (χ0) is 16.4. The molecule has 5 heteroatoms. The van der Waals surface area contributed by atoms with Crippen LogP contribution in [-0.4, -0.2) is 33.5 Å². The molecular formula is C19H23N3O2. The molecule has 0 radical (unpaired) electrons. The lowest BCUT2D eigenvalue weighted by Crippen LogP contribution is -2.36. The van der Waals surface area contributed by atoms with Crippen LogP contribution in [0.5, 0.6) is 0 Å². The van der Waals surface area contributed by atoms with Crippen molar-refractivity contribution < 1.29 is 9.32 Å². The van der Waals surface area contributed by atoms with Crippen LogP contribution in [0.25, 0.3) is 0 Å². The molecule has 1 amide bonds. The normalized spacial score (nSPS) is 20.2. The fourth-order valence-corrected chi connectivity index (χ4v) is 3.97. The molecule has 1 saturated heterocycles. The van der Waals surface area contributed by atoms with E-state index in [0.29, 0.717) is 11.7 Å². The van der Waals surface area contributed by atoms with Crippen LogP contribution in [-0.2, 0) is 19.3 Å². The summed E-state index contributed by atoms with van der Waals surface area (Å²) in [5.74, 6) is 0.997. The summed E-state index contributed by atoms with van der Waals surface area (Å²) < 4.78 is 5.43. The van der Waals surface area contributed by atoms with E-state index in [9.17, 15) is 4.79 Å². The van der Waals surface area contributed by atoms with E-state index in [1.165, 1.54) is 5.56 Å². The van der Waals surface area contributed by atoms with E-state index in [0.717, 1.165) is 69.2 Å². The molecule has 0 aromatic carbocycles. The largest absolute Gasteiger partial charge is 0.360 e. The zero-order valence-electron chi connectivity index (χ0n) is 13.9. The average molecular weight is 325 g/mol. The smallest absolute Gasteiger partial charge is 0.276 e. The third kappa shape index (κ3) is 2.95. The fourth-order valence-electron chi connectivity index (χ4n) is 3.97. The second-order valence-corrected chi connectivity index (χ2v) is 6.83. The van der Waals surface area contributed by atoms with Crippen molar-refractivity contribution in [2.45, 2.75) is 57.4 Å². The van der Waals surface area contributed by atoms with E-state index in [2.05, 4.69) is 22.3 Å². The van der Waals surface area contributed by atoms with Crippen molar-refractivity contribution in [3.8, 4) is 0 Å². The molecule has 2 aromatic rings. The molecule has 126 valence electrons. The first-order valence-electron chi connectivity index (χ1n) is 9.00. The zero-order valence-corrected chi connectivity index (χ0v) is 13.9. The Bertz CT molecular complexity index is 711. The maximum absolute atomic E-state index is 13.0. The topological polar surface area (TPSA) is 59.2 Å². The number of aryl methyl sites for hydroxylation is 2. The van der Waals surface area contributed by atoms with Gasteiger partial charge >= 0.3 is 0 Å². The van der Waals surface area contributed by atoms with Gasteiger partial charge in [-0.3, -0.25) is 9.78 Å².